The number of nitrogens with zero attached hydrogens (tertiary/aromatic N) is 4. The van der Waals surface area contributed by atoms with E-state index < -0.39 is 0 Å². The maximum atomic E-state index is 11.8. The van der Waals surface area contributed by atoms with Crippen molar-refractivity contribution in [3.05, 3.63) is 6.07 Å². The van der Waals surface area contributed by atoms with Gasteiger partial charge in [-0.25, -0.2) is 9.97 Å². The lowest BCUT2D eigenvalue weighted by Gasteiger charge is -2.31. The number of carbonyl (C=O) groups is 1. The van der Waals surface area contributed by atoms with E-state index in [4.69, 9.17) is 24.2 Å². The van der Waals surface area contributed by atoms with Crippen molar-refractivity contribution in [2.45, 2.75) is 16.8 Å². The van der Waals surface area contributed by atoms with Crippen LogP contribution in [0.3, 0.4) is 0 Å². The summed E-state index contributed by atoms with van der Waals surface area (Å²) in [5, 5.41) is 0.423. The third-order valence-electron chi connectivity index (χ3n) is 4.48. The van der Waals surface area contributed by atoms with Gasteiger partial charge in [0, 0.05) is 38.7 Å². The highest BCUT2D eigenvalue weighted by molar-refractivity contribution is 8.00. The van der Waals surface area contributed by atoms with Crippen molar-refractivity contribution in [2.75, 3.05) is 69.0 Å². The molecule has 1 atom stereocenters. The molecule has 4 heterocycles. The van der Waals surface area contributed by atoms with Crippen LogP contribution in [0.1, 0.15) is 6.42 Å². The van der Waals surface area contributed by atoms with E-state index in [2.05, 4.69) is 9.80 Å². The highest BCUT2D eigenvalue weighted by Gasteiger charge is 2.29. The molecular formula is C16H22N4O4S. The molecule has 8 nitrogen and oxygen atoms in total. The van der Waals surface area contributed by atoms with Crippen molar-refractivity contribution in [3.63, 3.8) is 0 Å². The Bertz CT molecular complexity index is 584. The number of hydrogen-bond donors (Lipinski definition) is 0. The number of cyclic esters (lactones) is 1. The molecule has 9 heteroatoms. The van der Waals surface area contributed by atoms with Crippen LogP contribution in [0.15, 0.2) is 11.2 Å². The molecule has 0 spiro atoms. The Balaban J connectivity index is 1.60. The van der Waals surface area contributed by atoms with Gasteiger partial charge in [-0.15, -0.1) is 0 Å². The van der Waals surface area contributed by atoms with Crippen molar-refractivity contribution in [1.29, 1.82) is 0 Å². The second kappa shape index (κ2) is 7.76. The first-order valence-corrected chi connectivity index (χ1v) is 9.55. The predicted octanol–water partition coefficient (Wildman–Crippen LogP) is 0.557. The highest BCUT2D eigenvalue weighted by atomic mass is 32.2. The van der Waals surface area contributed by atoms with E-state index in [0.717, 1.165) is 37.8 Å². The molecule has 0 bridgehead atoms. The molecule has 136 valence electrons. The largest absolute Gasteiger partial charge is 0.465 e. The number of hydrogen-bond acceptors (Lipinski definition) is 9. The number of anilines is 2. The van der Waals surface area contributed by atoms with Gasteiger partial charge in [-0.05, 0) is 0 Å². The van der Waals surface area contributed by atoms with Crippen molar-refractivity contribution in [2.24, 2.45) is 0 Å². The molecule has 1 unspecified atom stereocenters. The minimum absolute atomic E-state index is 0.168. The molecule has 0 saturated carbocycles. The Morgan fingerprint density at radius 2 is 1.48 bits per heavy atom. The van der Waals surface area contributed by atoms with Gasteiger partial charge < -0.3 is 24.0 Å². The third kappa shape index (κ3) is 3.99. The van der Waals surface area contributed by atoms with E-state index in [1.165, 1.54) is 11.8 Å². The van der Waals surface area contributed by atoms with Crippen molar-refractivity contribution < 1.29 is 19.0 Å². The smallest absolute Gasteiger partial charge is 0.319 e. The van der Waals surface area contributed by atoms with Gasteiger partial charge in [0.1, 0.15) is 16.9 Å². The first-order valence-electron chi connectivity index (χ1n) is 8.67. The summed E-state index contributed by atoms with van der Waals surface area (Å²) < 4.78 is 15.9. The van der Waals surface area contributed by atoms with Gasteiger partial charge in [0.25, 0.3) is 0 Å². The van der Waals surface area contributed by atoms with Crippen LogP contribution in [-0.4, -0.2) is 80.4 Å². The fourth-order valence-corrected chi connectivity index (χ4v) is 4.00. The first-order chi connectivity index (χ1) is 12.3. The minimum atomic E-state index is -0.211. The van der Waals surface area contributed by atoms with E-state index >= 15 is 0 Å². The Morgan fingerprint density at radius 1 is 0.920 bits per heavy atom. The Morgan fingerprint density at radius 3 is 1.96 bits per heavy atom. The van der Waals surface area contributed by atoms with E-state index in [1.54, 1.807) is 0 Å². The van der Waals surface area contributed by atoms with Crippen LogP contribution in [0.25, 0.3) is 0 Å². The fraction of sp³-hybridized carbons (Fsp3) is 0.688. The summed E-state index contributed by atoms with van der Waals surface area (Å²) in [6.45, 7) is 6.55. The standard InChI is InChI=1S/C16H22N4O4S/c21-15-12(1-6-24-15)25-16-17-13(19-2-7-22-8-3-19)11-14(18-16)20-4-9-23-10-5-20/h11-12H,1-10H2. The zero-order valence-electron chi connectivity index (χ0n) is 14.1. The van der Waals surface area contributed by atoms with Crippen molar-refractivity contribution in [3.8, 4) is 0 Å². The Kier molecular flexibility index (Phi) is 5.23. The van der Waals surface area contributed by atoms with Gasteiger partial charge in [0.05, 0.1) is 33.0 Å². The molecule has 4 rings (SSSR count). The average Bonchev–Trinajstić information content (AvgIpc) is 3.07. The molecule has 0 radical (unpaired) electrons. The summed E-state index contributed by atoms with van der Waals surface area (Å²) >= 11 is 1.40. The molecule has 3 aliphatic rings. The number of morpholine rings is 2. The summed E-state index contributed by atoms with van der Waals surface area (Å²) in [4.78, 5) is 25.6. The van der Waals surface area contributed by atoms with Gasteiger partial charge in [-0.3, -0.25) is 4.79 Å². The molecule has 3 saturated heterocycles. The van der Waals surface area contributed by atoms with E-state index in [-0.39, 0.29) is 11.2 Å². The second-order valence-corrected chi connectivity index (χ2v) is 7.30. The Hall–Kier alpha value is -1.58. The quantitative estimate of drug-likeness (QED) is 0.561. The fourth-order valence-electron chi connectivity index (χ4n) is 3.07. The number of aromatic nitrogens is 2. The molecule has 1 aromatic rings. The van der Waals surface area contributed by atoms with Crippen LogP contribution in [0, 0.1) is 0 Å². The summed E-state index contributed by atoms with van der Waals surface area (Å²) in [5.74, 6) is 1.63. The zero-order valence-corrected chi connectivity index (χ0v) is 14.9. The first kappa shape index (κ1) is 16.9. The highest BCUT2D eigenvalue weighted by Crippen LogP contribution is 2.31. The predicted molar refractivity (Wildman–Crippen MR) is 93.3 cm³/mol. The molecule has 25 heavy (non-hydrogen) atoms. The van der Waals surface area contributed by atoms with E-state index in [1.807, 2.05) is 6.07 Å². The third-order valence-corrected chi connectivity index (χ3v) is 5.59. The van der Waals surface area contributed by atoms with Gasteiger partial charge in [0.15, 0.2) is 5.16 Å². The Labute approximate surface area is 150 Å². The molecule has 0 amide bonds. The summed E-state index contributed by atoms with van der Waals surface area (Å²) in [7, 11) is 0. The van der Waals surface area contributed by atoms with Crippen molar-refractivity contribution in [1.82, 2.24) is 9.97 Å². The lowest BCUT2D eigenvalue weighted by molar-refractivity contribution is -0.137. The maximum absolute atomic E-state index is 11.8. The lowest BCUT2D eigenvalue weighted by atomic mass is 10.3. The molecule has 0 aromatic carbocycles. The molecule has 3 fully saturated rings. The van der Waals surface area contributed by atoms with Crippen LogP contribution < -0.4 is 9.80 Å². The summed E-state index contributed by atoms with van der Waals surface area (Å²) in [5.41, 5.74) is 0. The minimum Gasteiger partial charge on any atom is -0.465 e. The number of thioether (sulfide) groups is 1. The zero-order chi connectivity index (χ0) is 17.1. The molecule has 1 aromatic heterocycles. The monoisotopic (exact) mass is 366 g/mol. The number of ether oxygens (including phenoxy) is 3. The van der Waals surface area contributed by atoms with E-state index in [0.29, 0.717) is 44.6 Å². The summed E-state index contributed by atoms with van der Waals surface area (Å²) in [6, 6.07) is 2.04. The molecule has 0 N–H and O–H groups in total. The maximum Gasteiger partial charge on any atom is 0.319 e. The van der Waals surface area contributed by atoms with Gasteiger partial charge in [-0.1, -0.05) is 11.8 Å². The van der Waals surface area contributed by atoms with Gasteiger partial charge in [0.2, 0.25) is 0 Å². The normalized spacial score (nSPS) is 24.5. The molecule has 3 aliphatic heterocycles. The van der Waals surface area contributed by atoms with Gasteiger partial charge in [-0.2, -0.15) is 0 Å². The van der Waals surface area contributed by atoms with Gasteiger partial charge >= 0.3 is 5.97 Å². The van der Waals surface area contributed by atoms with Crippen LogP contribution in [0.2, 0.25) is 0 Å². The molecule has 0 aliphatic carbocycles. The van der Waals surface area contributed by atoms with Crippen LogP contribution in [-0.2, 0) is 19.0 Å². The number of esters is 1. The van der Waals surface area contributed by atoms with E-state index in [9.17, 15) is 4.79 Å². The lowest BCUT2D eigenvalue weighted by Crippen LogP contribution is -2.39. The van der Waals surface area contributed by atoms with Crippen LogP contribution >= 0.6 is 11.8 Å². The summed E-state index contributed by atoms with van der Waals surface area (Å²) in [6.07, 6.45) is 0.710. The second-order valence-electron chi connectivity index (χ2n) is 6.13. The van der Waals surface area contributed by atoms with Crippen LogP contribution in [0.5, 0.6) is 0 Å². The number of rotatable bonds is 4. The molecular weight excluding hydrogens is 344 g/mol. The van der Waals surface area contributed by atoms with Crippen molar-refractivity contribution >= 4 is 29.4 Å². The average molecular weight is 366 g/mol. The topological polar surface area (TPSA) is 77.0 Å². The van der Waals surface area contributed by atoms with Crippen LogP contribution in [0.4, 0.5) is 11.6 Å². The number of carbonyl (C=O) groups excluding carboxylic acids is 1. The SMILES string of the molecule is O=C1OCCC1Sc1nc(N2CCOCC2)cc(N2CCOCC2)n1.